The van der Waals surface area contributed by atoms with Crippen LogP contribution in [0.3, 0.4) is 0 Å². The van der Waals surface area contributed by atoms with Crippen molar-refractivity contribution in [2.24, 2.45) is 0 Å². The van der Waals surface area contributed by atoms with Gasteiger partial charge in [0.1, 0.15) is 18.1 Å². The maximum absolute atomic E-state index is 12.1. The summed E-state index contributed by atoms with van der Waals surface area (Å²) in [7, 11) is 0. The smallest absolute Gasteiger partial charge is 0.224 e. The maximum atomic E-state index is 12.1. The lowest BCUT2D eigenvalue weighted by molar-refractivity contribution is -0.116. The van der Waals surface area contributed by atoms with Crippen LogP contribution in [0.5, 0.6) is 11.5 Å². The van der Waals surface area contributed by atoms with Gasteiger partial charge in [0.05, 0.1) is 6.61 Å². The molecule has 0 aliphatic rings. The van der Waals surface area contributed by atoms with E-state index >= 15 is 0 Å². The molecular weight excluding hydrogens is 350 g/mol. The summed E-state index contributed by atoms with van der Waals surface area (Å²) in [5.74, 6) is 1.59. The normalized spacial score (nSPS) is 10.3. The molecule has 3 aromatic carbocycles. The summed E-state index contributed by atoms with van der Waals surface area (Å²) < 4.78 is 11.4. The predicted octanol–water partition coefficient (Wildman–Crippen LogP) is 5.37. The molecule has 1 amide bonds. The molecular formula is C24H25NO3. The second-order valence-electron chi connectivity index (χ2n) is 6.62. The highest BCUT2D eigenvalue weighted by Crippen LogP contribution is 2.18. The Morgan fingerprint density at radius 3 is 2.39 bits per heavy atom. The number of hydrogen-bond acceptors (Lipinski definition) is 3. The quantitative estimate of drug-likeness (QED) is 0.511. The van der Waals surface area contributed by atoms with Gasteiger partial charge < -0.3 is 14.8 Å². The van der Waals surface area contributed by atoms with Crippen molar-refractivity contribution in [2.45, 2.75) is 26.4 Å². The van der Waals surface area contributed by atoms with Gasteiger partial charge in [0.15, 0.2) is 0 Å². The minimum atomic E-state index is -0.0224. The van der Waals surface area contributed by atoms with E-state index in [1.54, 1.807) is 0 Å². The molecule has 0 spiro atoms. The molecule has 0 bridgehead atoms. The fourth-order valence-corrected chi connectivity index (χ4v) is 2.73. The molecule has 3 aromatic rings. The largest absolute Gasteiger partial charge is 0.494 e. The number of rotatable bonds is 9. The Labute approximate surface area is 166 Å². The topological polar surface area (TPSA) is 47.6 Å². The van der Waals surface area contributed by atoms with Crippen LogP contribution in [0.15, 0.2) is 78.9 Å². The molecule has 0 aliphatic heterocycles. The number of benzene rings is 3. The monoisotopic (exact) mass is 375 g/mol. The Morgan fingerprint density at radius 1 is 0.857 bits per heavy atom. The van der Waals surface area contributed by atoms with Crippen molar-refractivity contribution in [1.82, 2.24) is 0 Å². The zero-order valence-electron chi connectivity index (χ0n) is 16.1. The van der Waals surface area contributed by atoms with Gasteiger partial charge in [0.25, 0.3) is 0 Å². The van der Waals surface area contributed by atoms with E-state index in [1.165, 1.54) is 0 Å². The summed E-state index contributed by atoms with van der Waals surface area (Å²) >= 11 is 0. The van der Waals surface area contributed by atoms with E-state index < -0.39 is 0 Å². The molecule has 28 heavy (non-hydrogen) atoms. The van der Waals surface area contributed by atoms with Crippen molar-refractivity contribution in [3.63, 3.8) is 0 Å². The van der Waals surface area contributed by atoms with Crippen LogP contribution in [0.1, 0.15) is 24.0 Å². The third-order valence-electron chi connectivity index (χ3n) is 4.19. The molecule has 0 fully saturated rings. The SMILES string of the molecule is Cc1cccc(OCCCC(=O)Nc2ccc(OCc3ccccc3)cc2)c1. The molecule has 0 heterocycles. The first-order valence-corrected chi connectivity index (χ1v) is 9.45. The molecule has 0 aliphatic carbocycles. The number of hydrogen-bond donors (Lipinski definition) is 1. The number of aryl methyl sites for hydroxylation is 1. The van der Waals surface area contributed by atoms with Crippen LogP contribution < -0.4 is 14.8 Å². The van der Waals surface area contributed by atoms with Gasteiger partial charge >= 0.3 is 0 Å². The molecule has 0 saturated carbocycles. The third-order valence-corrected chi connectivity index (χ3v) is 4.19. The minimum absolute atomic E-state index is 0.0224. The highest BCUT2D eigenvalue weighted by molar-refractivity contribution is 5.90. The van der Waals surface area contributed by atoms with Gasteiger partial charge in [-0.05, 0) is 60.9 Å². The fourth-order valence-electron chi connectivity index (χ4n) is 2.73. The Balaban J connectivity index is 1.37. The number of carbonyl (C=O) groups excluding carboxylic acids is 1. The molecule has 1 N–H and O–H groups in total. The standard InChI is InChI=1S/C24H25NO3/c1-19-7-5-10-23(17-19)27-16-6-11-24(26)25-21-12-14-22(15-13-21)28-18-20-8-3-2-4-9-20/h2-5,7-10,12-15,17H,6,11,16,18H2,1H3,(H,25,26). The molecule has 0 atom stereocenters. The lowest BCUT2D eigenvalue weighted by atomic mass is 10.2. The zero-order chi connectivity index (χ0) is 19.6. The van der Waals surface area contributed by atoms with E-state index in [1.807, 2.05) is 85.8 Å². The Morgan fingerprint density at radius 2 is 1.64 bits per heavy atom. The average Bonchev–Trinajstić information content (AvgIpc) is 2.72. The molecule has 144 valence electrons. The van der Waals surface area contributed by atoms with E-state index in [0.717, 1.165) is 28.3 Å². The molecule has 0 radical (unpaired) electrons. The summed E-state index contributed by atoms with van der Waals surface area (Å²) in [6, 6.07) is 25.3. The summed E-state index contributed by atoms with van der Waals surface area (Å²) in [6.07, 6.45) is 1.08. The molecule has 4 heteroatoms. The van der Waals surface area contributed by atoms with Crippen LogP contribution in [0.4, 0.5) is 5.69 Å². The summed E-state index contributed by atoms with van der Waals surface area (Å²) in [5, 5.41) is 2.90. The molecule has 0 saturated heterocycles. The van der Waals surface area contributed by atoms with Gasteiger partial charge in [-0.1, -0.05) is 42.5 Å². The van der Waals surface area contributed by atoms with Gasteiger partial charge in [-0.3, -0.25) is 4.79 Å². The Hall–Kier alpha value is -3.27. The van der Waals surface area contributed by atoms with Crippen LogP contribution in [0, 0.1) is 6.92 Å². The zero-order valence-corrected chi connectivity index (χ0v) is 16.1. The number of amides is 1. The van der Waals surface area contributed by atoms with E-state index in [-0.39, 0.29) is 5.91 Å². The van der Waals surface area contributed by atoms with Crippen LogP contribution in [0.25, 0.3) is 0 Å². The lowest BCUT2D eigenvalue weighted by Gasteiger charge is -2.09. The van der Waals surface area contributed by atoms with E-state index in [0.29, 0.717) is 26.1 Å². The summed E-state index contributed by atoms with van der Waals surface area (Å²) in [4.78, 5) is 12.1. The second kappa shape index (κ2) is 10.2. The minimum Gasteiger partial charge on any atom is -0.494 e. The van der Waals surface area contributed by atoms with E-state index in [4.69, 9.17) is 9.47 Å². The fraction of sp³-hybridized carbons (Fsp3) is 0.208. The van der Waals surface area contributed by atoms with E-state index in [2.05, 4.69) is 5.32 Å². The number of carbonyl (C=O) groups is 1. The summed E-state index contributed by atoms with van der Waals surface area (Å²) in [5.41, 5.74) is 3.04. The number of anilines is 1. The second-order valence-corrected chi connectivity index (χ2v) is 6.62. The van der Waals surface area contributed by atoms with Crippen LogP contribution in [-0.4, -0.2) is 12.5 Å². The molecule has 0 unspecified atom stereocenters. The predicted molar refractivity (Wildman–Crippen MR) is 112 cm³/mol. The third kappa shape index (κ3) is 6.47. The van der Waals surface area contributed by atoms with Gasteiger partial charge in [0, 0.05) is 12.1 Å². The Bertz CT molecular complexity index is 876. The summed E-state index contributed by atoms with van der Waals surface area (Å²) in [6.45, 7) is 3.06. The van der Waals surface area contributed by atoms with E-state index in [9.17, 15) is 4.79 Å². The maximum Gasteiger partial charge on any atom is 0.224 e. The first-order valence-electron chi connectivity index (χ1n) is 9.45. The average molecular weight is 375 g/mol. The van der Waals surface area contributed by atoms with Crippen LogP contribution in [-0.2, 0) is 11.4 Å². The highest BCUT2D eigenvalue weighted by Gasteiger charge is 2.04. The Kier molecular flexibility index (Phi) is 7.08. The van der Waals surface area contributed by atoms with Crippen LogP contribution in [0.2, 0.25) is 0 Å². The van der Waals surface area contributed by atoms with Crippen molar-refractivity contribution in [2.75, 3.05) is 11.9 Å². The van der Waals surface area contributed by atoms with Crippen molar-refractivity contribution < 1.29 is 14.3 Å². The van der Waals surface area contributed by atoms with Crippen molar-refractivity contribution in [1.29, 1.82) is 0 Å². The van der Waals surface area contributed by atoms with Crippen molar-refractivity contribution >= 4 is 11.6 Å². The van der Waals surface area contributed by atoms with Gasteiger partial charge in [-0.15, -0.1) is 0 Å². The van der Waals surface area contributed by atoms with Gasteiger partial charge in [-0.2, -0.15) is 0 Å². The van der Waals surface area contributed by atoms with Crippen molar-refractivity contribution in [3.05, 3.63) is 90.0 Å². The lowest BCUT2D eigenvalue weighted by Crippen LogP contribution is -2.12. The molecule has 4 nitrogen and oxygen atoms in total. The first kappa shape index (κ1) is 19.5. The highest BCUT2D eigenvalue weighted by atomic mass is 16.5. The van der Waals surface area contributed by atoms with Crippen LogP contribution >= 0.6 is 0 Å². The molecule has 0 aromatic heterocycles. The first-order chi connectivity index (χ1) is 13.7. The van der Waals surface area contributed by atoms with Crippen molar-refractivity contribution in [3.8, 4) is 11.5 Å². The molecule has 3 rings (SSSR count). The number of nitrogens with one attached hydrogen (secondary N) is 1. The van der Waals surface area contributed by atoms with Gasteiger partial charge in [0.2, 0.25) is 5.91 Å². The number of ether oxygens (including phenoxy) is 2. The van der Waals surface area contributed by atoms with Gasteiger partial charge in [-0.25, -0.2) is 0 Å².